The van der Waals surface area contributed by atoms with Crippen molar-refractivity contribution < 1.29 is 80.9 Å². The lowest BCUT2D eigenvalue weighted by Gasteiger charge is -2.49. The van der Waals surface area contributed by atoms with Gasteiger partial charge in [-0.3, -0.25) is 33.6 Å². The first-order chi connectivity index (χ1) is 22.2. The molecule has 0 bridgehead atoms. The molecule has 0 aromatic carbocycles. The number of hydrogen-bond acceptors (Lipinski definition) is 18. The largest absolute Gasteiger partial charge is 0.463 e. The van der Waals surface area contributed by atoms with E-state index >= 15 is 0 Å². The van der Waals surface area contributed by atoms with E-state index in [0.717, 1.165) is 48.5 Å². The van der Waals surface area contributed by atoms with Crippen LogP contribution in [0.25, 0.3) is 0 Å². The lowest BCUT2D eigenvalue weighted by Crippen LogP contribution is -2.67. The quantitative estimate of drug-likeness (QED) is 0.205. The van der Waals surface area contributed by atoms with E-state index in [2.05, 4.69) is 0 Å². The number of thioether (sulfide) groups is 1. The minimum atomic E-state index is -1.73. The summed E-state index contributed by atoms with van der Waals surface area (Å²) in [6.45, 7) is 12.3. The summed E-state index contributed by atoms with van der Waals surface area (Å²) in [6.07, 6.45) is -13.2. The first-order valence-electron chi connectivity index (χ1n) is 15.0. The van der Waals surface area contributed by atoms with Crippen LogP contribution in [-0.4, -0.2) is 120 Å². The van der Waals surface area contributed by atoms with Gasteiger partial charge in [0.15, 0.2) is 36.8 Å². The molecule has 2 fully saturated rings. The van der Waals surface area contributed by atoms with E-state index in [0.29, 0.717) is 0 Å². The number of esters is 7. The molecule has 1 unspecified atom stereocenters. The van der Waals surface area contributed by atoms with Crippen LogP contribution >= 0.6 is 11.8 Å². The van der Waals surface area contributed by atoms with Gasteiger partial charge in [0.1, 0.15) is 37.0 Å². The van der Waals surface area contributed by atoms with Gasteiger partial charge < -0.3 is 47.4 Å². The highest BCUT2D eigenvalue weighted by Crippen LogP contribution is 2.41. The molecule has 18 heteroatoms. The van der Waals surface area contributed by atoms with Crippen molar-refractivity contribution in [2.24, 2.45) is 0 Å². The van der Waals surface area contributed by atoms with Crippen molar-refractivity contribution >= 4 is 53.5 Å². The fourth-order valence-electron chi connectivity index (χ4n) is 4.92. The Morgan fingerprint density at radius 1 is 0.500 bits per heavy atom. The highest BCUT2D eigenvalue weighted by atomic mass is 32.2. The first kappa shape index (κ1) is 40.7. The summed E-state index contributed by atoms with van der Waals surface area (Å²) in [4.78, 5) is 85.1. The summed E-state index contributed by atoms with van der Waals surface area (Å²) in [6, 6.07) is 0. The summed E-state index contributed by atoms with van der Waals surface area (Å²) in [7, 11) is 0. The molecule has 0 aromatic rings. The Balaban J connectivity index is 2.75. The van der Waals surface area contributed by atoms with E-state index < -0.39 is 120 Å². The van der Waals surface area contributed by atoms with Gasteiger partial charge in [-0.05, 0) is 0 Å². The zero-order valence-electron chi connectivity index (χ0n) is 28.5. The van der Waals surface area contributed by atoms with Gasteiger partial charge in [-0.15, -0.1) is 11.8 Å². The molecular formula is C30H44O17S. The van der Waals surface area contributed by atoms with E-state index in [9.17, 15) is 33.6 Å². The minimum Gasteiger partial charge on any atom is -0.463 e. The van der Waals surface area contributed by atoms with Crippen molar-refractivity contribution in [2.75, 3.05) is 13.2 Å². The fraction of sp³-hybridized carbons (Fsp3) is 0.767. The van der Waals surface area contributed by atoms with Crippen LogP contribution in [0.3, 0.4) is 0 Å². The van der Waals surface area contributed by atoms with E-state index in [4.69, 9.17) is 47.4 Å². The molecule has 10 atom stereocenters. The second kappa shape index (κ2) is 17.8. The predicted molar refractivity (Wildman–Crippen MR) is 161 cm³/mol. The van der Waals surface area contributed by atoms with Crippen LogP contribution < -0.4 is 0 Å². The maximum atomic E-state index is 12.5. The summed E-state index contributed by atoms with van der Waals surface area (Å²) in [5.41, 5.74) is -0.978. The molecule has 0 radical (unpaired) electrons. The SMILES string of the molecule is CC(=O)OC[C@H]1O[C@H](O[C@H]2[C@H](OC(C)=O)[C@@H](OC(C)=O)C(SC(C)(C)C)O[C@@H]2COC(C)=O)[C@H](OC(C)=O)[C@@H](OC(C)=O)[C@@H]1OC(C)=O. The minimum absolute atomic E-state index is 0.447. The van der Waals surface area contributed by atoms with E-state index in [1.165, 1.54) is 11.8 Å². The van der Waals surface area contributed by atoms with E-state index in [-0.39, 0.29) is 0 Å². The second-order valence-corrected chi connectivity index (χ2v) is 13.8. The molecule has 48 heavy (non-hydrogen) atoms. The average Bonchev–Trinajstić information content (AvgIpc) is 2.90. The monoisotopic (exact) mass is 708 g/mol. The van der Waals surface area contributed by atoms with Crippen LogP contribution in [0.1, 0.15) is 69.2 Å². The van der Waals surface area contributed by atoms with Crippen LogP contribution in [0.5, 0.6) is 0 Å². The molecule has 2 aliphatic heterocycles. The lowest BCUT2D eigenvalue weighted by molar-refractivity contribution is -0.341. The number of rotatable bonds is 12. The van der Waals surface area contributed by atoms with Crippen LogP contribution in [0, 0.1) is 0 Å². The van der Waals surface area contributed by atoms with E-state index in [1.54, 1.807) is 0 Å². The molecule has 0 spiro atoms. The number of hydrogen-bond donors (Lipinski definition) is 0. The van der Waals surface area contributed by atoms with Crippen LogP contribution in [-0.2, 0) is 80.9 Å². The molecule has 0 aliphatic carbocycles. The zero-order chi connectivity index (χ0) is 36.5. The Labute approximate surface area is 282 Å². The van der Waals surface area contributed by atoms with Crippen molar-refractivity contribution in [3.05, 3.63) is 0 Å². The second-order valence-electron chi connectivity index (χ2n) is 11.9. The summed E-state index contributed by atoms with van der Waals surface area (Å²) in [5, 5.41) is 0. The predicted octanol–water partition coefficient (Wildman–Crippen LogP) is 1.14. The smallest absolute Gasteiger partial charge is 0.303 e. The van der Waals surface area contributed by atoms with Crippen molar-refractivity contribution in [3.63, 3.8) is 0 Å². The molecule has 17 nitrogen and oxygen atoms in total. The van der Waals surface area contributed by atoms with Gasteiger partial charge in [0.05, 0.1) is 0 Å². The molecule has 0 amide bonds. The summed E-state index contributed by atoms with van der Waals surface area (Å²) in [5.74, 6) is -5.56. The van der Waals surface area contributed by atoms with Gasteiger partial charge in [-0.2, -0.15) is 0 Å². The van der Waals surface area contributed by atoms with E-state index in [1.807, 2.05) is 20.8 Å². The highest BCUT2D eigenvalue weighted by Gasteiger charge is 2.57. The van der Waals surface area contributed by atoms with Gasteiger partial charge in [-0.25, -0.2) is 0 Å². The van der Waals surface area contributed by atoms with Crippen LogP contribution in [0.2, 0.25) is 0 Å². The standard InChI is InChI=1S/C30H44O17S/c1-13(31)38-11-20-22(40-15(3)33)24(41-16(4)34)26(43-18(6)36)28(45-20)47-23-21(12-39-14(2)32)46-29(48-30(8,9)10)27(44-19(7)37)25(23)42-17(5)35/h20-29H,11-12H2,1-10H3/t20-,21-,22-,23-,24+,25+,26-,27-,28-,29?/m1/s1. The zero-order valence-corrected chi connectivity index (χ0v) is 29.4. The highest BCUT2D eigenvalue weighted by molar-refractivity contribution is 8.01. The third kappa shape index (κ3) is 12.9. The summed E-state index contributed by atoms with van der Waals surface area (Å²) < 4.78 is 56.2. The fourth-order valence-corrected chi connectivity index (χ4v) is 6.16. The Morgan fingerprint density at radius 2 is 0.875 bits per heavy atom. The number of carbonyl (C=O) groups is 7. The van der Waals surface area contributed by atoms with Crippen LogP contribution in [0.15, 0.2) is 0 Å². The Morgan fingerprint density at radius 3 is 1.29 bits per heavy atom. The molecule has 0 aromatic heterocycles. The molecule has 272 valence electrons. The Bertz CT molecular complexity index is 1200. The molecule has 2 aliphatic rings. The van der Waals surface area contributed by atoms with Crippen molar-refractivity contribution in [2.45, 2.75) is 135 Å². The molecular weight excluding hydrogens is 664 g/mol. The average molecular weight is 709 g/mol. The maximum absolute atomic E-state index is 12.5. The van der Waals surface area contributed by atoms with Gasteiger partial charge in [0, 0.05) is 53.2 Å². The maximum Gasteiger partial charge on any atom is 0.303 e. The molecule has 2 heterocycles. The summed E-state index contributed by atoms with van der Waals surface area (Å²) >= 11 is 1.23. The Kier molecular flexibility index (Phi) is 15.1. The lowest BCUT2D eigenvalue weighted by atomic mass is 9.96. The third-order valence-corrected chi connectivity index (χ3v) is 7.67. The molecule has 0 N–H and O–H groups in total. The van der Waals surface area contributed by atoms with Gasteiger partial charge in [0.2, 0.25) is 0 Å². The first-order valence-corrected chi connectivity index (χ1v) is 15.8. The third-order valence-electron chi connectivity index (χ3n) is 6.36. The van der Waals surface area contributed by atoms with Crippen molar-refractivity contribution in [1.82, 2.24) is 0 Å². The van der Waals surface area contributed by atoms with Gasteiger partial charge >= 0.3 is 41.8 Å². The number of carbonyl (C=O) groups excluding carboxylic acids is 7. The normalized spacial score (nSPS) is 30.2. The molecule has 2 rings (SSSR count). The number of ether oxygens (including phenoxy) is 10. The van der Waals surface area contributed by atoms with Gasteiger partial charge in [0.25, 0.3) is 0 Å². The topological polar surface area (TPSA) is 212 Å². The van der Waals surface area contributed by atoms with Crippen molar-refractivity contribution in [1.29, 1.82) is 0 Å². The molecule has 0 saturated carbocycles. The van der Waals surface area contributed by atoms with Crippen LogP contribution in [0.4, 0.5) is 0 Å². The Hall–Kier alpha value is -3.48. The van der Waals surface area contributed by atoms with Crippen molar-refractivity contribution in [3.8, 4) is 0 Å². The molecule has 2 saturated heterocycles. The van der Waals surface area contributed by atoms with Gasteiger partial charge in [-0.1, -0.05) is 20.8 Å².